The van der Waals surface area contributed by atoms with Gasteiger partial charge in [-0.2, -0.15) is 0 Å². The molecule has 0 aliphatic carbocycles. The average molecular weight is 372 g/mol. The van der Waals surface area contributed by atoms with Crippen LogP contribution in [0.1, 0.15) is 36.8 Å². The van der Waals surface area contributed by atoms with Gasteiger partial charge in [-0.05, 0) is 24.1 Å². The SMILES string of the molecule is CCCc1nnc2c(=O)n(Cc3cccc(F)c3)c([C@]3(O)CCOC3)cn12. The molecular formula is C19H21FN4O3. The highest BCUT2D eigenvalue weighted by Gasteiger charge is 2.38. The van der Waals surface area contributed by atoms with Gasteiger partial charge in [0.1, 0.15) is 17.2 Å². The molecule has 0 amide bonds. The normalized spacial score (nSPS) is 19.8. The number of hydrogen-bond donors (Lipinski definition) is 1. The second kappa shape index (κ2) is 6.86. The fourth-order valence-corrected chi connectivity index (χ4v) is 3.52. The third kappa shape index (κ3) is 3.15. The molecule has 142 valence electrons. The van der Waals surface area contributed by atoms with E-state index in [0.29, 0.717) is 36.5 Å². The fourth-order valence-electron chi connectivity index (χ4n) is 3.52. The van der Waals surface area contributed by atoms with Gasteiger partial charge in [0.15, 0.2) is 0 Å². The zero-order valence-corrected chi connectivity index (χ0v) is 15.1. The fraction of sp³-hybridized carbons (Fsp3) is 0.421. The molecule has 1 aliphatic heterocycles. The first kappa shape index (κ1) is 17.8. The van der Waals surface area contributed by atoms with Crippen LogP contribution in [0.25, 0.3) is 5.65 Å². The molecule has 0 radical (unpaired) electrons. The minimum atomic E-state index is -1.28. The van der Waals surface area contributed by atoms with E-state index >= 15 is 0 Å². The van der Waals surface area contributed by atoms with Gasteiger partial charge in [-0.25, -0.2) is 4.39 Å². The smallest absolute Gasteiger partial charge is 0.296 e. The van der Waals surface area contributed by atoms with Gasteiger partial charge in [-0.15, -0.1) is 10.2 Å². The third-order valence-electron chi connectivity index (χ3n) is 4.93. The second-order valence-electron chi connectivity index (χ2n) is 6.93. The monoisotopic (exact) mass is 372 g/mol. The molecule has 1 aliphatic rings. The molecule has 1 atom stereocenters. The highest BCUT2D eigenvalue weighted by molar-refractivity contribution is 5.38. The molecule has 1 aromatic carbocycles. The number of aryl methyl sites for hydroxylation is 1. The Hall–Kier alpha value is -2.58. The number of nitrogens with zero attached hydrogens (tertiary/aromatic N) is 4. The Kier molecular flexibility index (Phi) is 4.53. The minimum absolute atomic E-state index is 0.104. The number of hydrogen-bond acceptors (Lipinski definition) is 5. The summed E-state index contributed by atoms with van der Waals surface area (Å²) in [5, 5.41) is 19.3. The van der Waals surface area contributed by atoms with Crippen LogP contribution in [-0.4, -0.2) is 37.5 Å². The maximum Gasteiger partial charge on any atom is 0.296 e. The van der Waals surface area contributed by atoms with Gasteiger partial charge in [-0.1, -0.05) is 19.1 Å². The number of aromatic nitrogens is 4. The average Bonchev–Trinajstić information content (AvgIpc) is 3.25. The number of rotatable bonds is 5. The summed E-state index contributed by atoms with van der Waals surface area (Å²) < 4.78 is 22.1. The molecule has 1 saturated heterocycles. The van der Waals surface area contributed by atoms with Crippen molar-refractivity contribution in [2.24, 2.45) is 0 Å². The first-order valence-electron chi connectivity index (χ1n) is 9.04. The second-order valence-corrected chi connectivity index (χ2v) is 6.93. The maximum atomic E-state index is 13.6. The van der Waals surface area contributed by atoms with Gasteiger partial charge in [0.2, 0.25) is 5.65 Å². The summed E-state index contributed by atoms with van der Waals surface area (Å²) in [6, 6.07) is 6.06. The summed E-state index contributed by atoms with van der Waals surface area (Å²) in [7, 11) is 0. The van der Waals surface area contributed by atoms with Crippen LogP contribution >= 0.6 is 0 Å². The van der Waals surface area contributed by atoms with E-state index < -0.39 is 5.60 Å². The van der Waals surface area contributed by atoms with Crippen LogP contribution in [0, 0.1) is 5.82 Å². The molecule has 4 rings (SSSR count). The number of fused-ring (bicyclic) bond motifs is 1. The Morgan fingerprint density at radius 3 is 2.93 bits per heavy atom. The van der Waals surface area contributed by atoms with Crippen LogP contribution in [-0.2, 0) is 23.3 Å². The van der Waals surface area contributed by atoms with Crippen LogP contribution in [0.4, 0.5) is 4.39 Å². The largest absolute Gasteiger partial charge is 0.381 e. The lowest BCUT2D eigenvalue weighted by atomic mass is 9.98. The van der Waals surface area contributed by atoms with Crippen molar-refractivity contribution in [3.63, 3.8) is 0 Å². The molecule has 0 saturated carbocycles. The van der Waals surface area contributed by atoms with Crippen molar-refractivity contribution in [1.82, 2.24) is 19.2 Å². The highest BCUT2D eigenvalue weighted by atomic mass is 19.1. The van der Waals surface area contributed by atoms with Crippen molar-refractivity contribution in [3.8, 4) is 0 Å². The Bertz CT molecular complexity index is 1040. The van der Waals surface area contributed by atoms with Gasteiger partial charge in [0.25, 0.3) is 5.56 Å². The van der Waals surface area contributed by atoms with Crippen molar-refractivity contribution >= 4 is 5.65 Å². The van der Waals surface area contributed by atoms with Gasteiger partial charge in [0.05, 0.1) is 18.8 Å². The van der Waals surface area contributed by atoms with Crippen molar-refractivity contribution in [3.05, 3.63) is 63.7 Å². The molecule has 0 unspecified atom stereocenters. The lowest BCUT2D eigenvalue weighted by Crippen LogP contribution is -2.37. The molecule has 0 bridgehead atoms. The van der Waals surface area contributed by atoms with E-state index in [1.54, 1.807) is 22.7 Å². The summed E-state index contributed by atoms with van der Waals surface area (Å²) in [6.07, 6.45) is 3.63. The van der Waals surface area contributed by atoms with Gasteiger partial charge < -0.3 is 14.4 Å². The predicted octanol–water partition coefficient (Wildman–Crippen LogP) is 1.64. The van der Waals surface area contributed by atoms with E-state index in [1.807, 2.05) is 6.92 Å². The molecule has 3 aromatic rings. The summed E-state index contributed by atoms with van der Waals surface area (Å²) in [5.41, 5.74) is -0.403. The summed E-state index contributed by atoms with van der Waals surface area (Å²) >= 11 is 0. The van der Waals surface area contributed by atoms with Gasteiger partial charge >= 0.3 is 0 Å². The van der Waals surface area contributed by atoms with Crippen molar-refractivity contribution in [2.45, 2.75) is 38.3 Å². The Morgan fingerprint density at radius 2 is 2.22 bits per heavy atom. The maximum absolute atomic E-state index is 13.6. The van der Waals surface area contributed by atoms with E-state index in [9.17, 15) is 14.3 Å². The first-order valence-corrected chi connectivity index (χ1v) is 9.04. The summed E-state index contributed by atoms with van der Waals surface area (Å²) in [6.45, 7) is 2.66. The van der Waals surface area contributed by atoms with Crippen LogP contribution in [0.15, 0.2) is 35.3 Å². The lowest BCUT2D eigenvalue weighted by molar-refractivity contribution is 0.0153. The van der Waals surface area contributed by atoms with Crippen molar-refractivity contribution < 1.29 is 14.2 Å². The number of aliphatic hydroxyl groups is 1. The van der Waals surface area contributed by atoms with E-state index in [4.69, 9.17) is 4.74 Å². The molecule has 7 nitrogen and oxygen atoms in total. The zero-order valence-electron chi connectivity index (χ0n) is 15.1. The minimum Gasteiger partial charge on any atom is -0.381 e. The van der Waals surface area contributed by atoms with Crippen LogP contribution in [0.5, 0.6) is 0 Å². The van der Waals surface area contributed by atoms with E-state index in [0.717, 1.165) is 6.42 Å². The predicted molar refractivity (Wildman–Crippen MR) is 96.1 cm³/mol. The van der Waals surface area contributed by atoms with Crippen molar-refractivity contribution in [2.75, 3.05) is 13.2 Å². The summed E-state index contributed by atoms with van der Waals surface area (Å²) in [4.78, 5) is 13.1. The lowest BCUT2D eigenvalue weighted by Gasteiger charge is -2.25. The molecule has 3 heterocycles. The van der Waals surface area contributed by atoms with E-state index in [2.05, 4.69) is 10.2 Å². The van der Waals surface area contributed by atoms with Crippen molar-refractivity contribution in [1.29, 1.82) is 0 Å². The quantitative estimate of drug-likeness (QED) is 0.736. The Labute approximate surface area is 155 Å². The zero-order chi connectivity index (χ0) is 19.0. The Balaban J connectivity index is 1.92. The van der Waals surface area contributed by atoms with Gasteiger partial charge in [-0.3, -0.25) is 9.20 Å². The number of halogens is 1. The standard InChI is InChI=1S/C19H21FN4O3/c1-2-4-16-21-22-17-18(25)23(10-13-5-3-6-14(20)9-13)15(11-24(16)17)19(26)7-8-27-12-19/h3,5-6,9,11,26H,2,4,7-8,10,12H2,1H3/t19-/m0/s1. The first-order chi connectivity index (χ1) is 13.0. The topological polar surface area (TPSA) is 81.7 Å². The third-order valence-corrected chi connectivity index (χ3v) is 4.93. The molecule has 1 N–H and O–H groups in total. The molecule has 27 heavy (non-hydrogen) atoms. The molecule has 2 aromatic heterocycles. The van der Waals surface area contributed by atoms with Crippen LogP contribution < -0.4 is 5.56 Å². The van der Waals surface area contributed by atoms with E-state index in [-0.39, 0.29) is 30.2 Å². The van der Waals surface area contributed by atoms with Gasteiger partial charge in [0, 0.05) is 25.6 Å². The highest BCUT2D eigenvalue weighted by Crippen LogP contribution is 2.30. The molecular weight excluding hydrogens is 351 g/mol. The molecule has 0 spiro atoms. The molecule has 1 fully saturated rings. The number of benzene rings is 1. The van der Waals surface area contributed by atoms with Crippen LogP contribution in [0.2, 0.25) is 0 Å². The Morgan fingerprint density at radius 1 is 1.37 bits per heavy atom. The molecule has 8 heteroatoms. The summed E-state index contributed by atoms with van der Waals surface area (Å²) in [5.74, 6) is 0.296. The van der Waals surface area contributed by atoms with Crippen LogP contribution in [0.3, 0.4) is 0 Å². The van der Waals surface area contributed by atoms with E-state index in [1.165, 1.54) is 16.7 Å². The number of ether oxygens (including phenoxy) is 1.